The second kappa shape index (κ2) is 6.57. The van der Waals surface area contributed by atoms with E-state index in [0.29, 0.717) is 6.26 Å². The lowest BCUT2D eigenvalue weighted by molar-refractivity contribution is -0.277. The maximum atomic E-state index is 11.6. The van der Waals surface area contributed by atoms with E-state index >= 15 is 0 Å². The Labute approximate surface area is 138 Å². The lowest BCUT2D eigenvalue weighted by Gasteiger charge is -2.43. The van der Waals surface area contributed by atoms with Crippen molar-refractivity contribution in [3.8, 4) is 0 Å². The molecule has 1 fully saturated rings. The third-order valence-corrected chi connectivity index (χ3v) is 3.67. The van der Waals surface area contributed by atoms with E-state index in [0.717, 1.165) is 0 Å². The summed E-state index contributed by atoms with van der Waals surface area (Å²) in [5.41, 5.74) is -2.31. The molecule has 0 saturated carbocycles. The number of carboxylic acids is 1. The zero-order valence-electron chi connectivity index (χ0n) is 10.9. The average molecular weight is 383 g/mol. The summed E-state index contributed by atoms with van der Waals surface area (Å²) in [6, 6.07) is 0. The van der Waals surface area contributed by atoms with Crippen molar-refractivity contribution in [2.45, 2.75) is 23.4 Å². The number of ether oxygens (including phenoxy) is 2. The Morgan fingerprint density at radius 2 is 1.86 bits per heavy atom. The number of hydrogen-bond donors (Lipinski definition) is 1. The predicted molar refractivity (Wildman–Crippen MR) is 74.4 cm³/mol. The van der Waals surface area contributed by atoms with Crippen LogP contribution in [0.5, 0.6) is 0 Å². The summed E-state index contributed by atoms with van der Waals surface area (Å²) in [7, 11) is 0. The topological polar surface area (TPSA) is 105 Å². The third-order valence-electron chi connectivity index (χ3n) is 2.81. The zero-order chi connectivity index (χ0) is 16.5. The molecule has 1 heterocycles. The van der Waals surface area contributed by atoms with Crippen LogP contribution in [-0.4, -0.2) is 42.6 Å². The minimum atomic E-state index is -2.95. The van der Waals surface area contributed by atoms with Gasteiger partial charge in [0.25, 0.3) is 0 Å². The van der Waals surface area contributed by atoms with Crippen LogP contribution in [0.3, 0.4) is 0 Å². The first kappa shape index (κ1) is 19.0. The summed E-state index contributed by atoms with van der Waals surface area (Å²) in [6.45, 7) is 2.40. The molecule has 1 saturated heterocycles. The summed E-state index contributed by atoms with van der Waals surface area (Å²) >= 11 is 14.2. The van der Waals surface area contributed by atoms with Crippen molar-refractivity contribution in [1.82, 2.24) is 0 Å². The van der Waals surface area contributed by atoms with Gasteiger partial charge in [-0.05, 0) is 13.8 Å². The van der Waals surface area contributed by atoms with Crippen molar-refractivity contribution in [3.05, 3.63) is 11.8 Å². The van der Waals surface area contributed by atoms with Gasteiger partial charge in [0.15, 0.2) is 5.79 Å². The fraction of sp³-hybridized carbons (Fsp3) is 0.700. The Hall–Kier alpha value is -0.0900. The SMILES string of the molecule is CC1(C)OCC(C(=O)O)(C(=COS(=O)[O-])C(Cl)(Cl)Cl)CO1. The molecule has 1 unspecified atom stereocenters. The van der Waals surface area contributed by atoms with E-state index < -0.39 is 37.9 Å². The van der Waals surface area contributed by atoms with E-state index in [-0.39, 0.29) is 13.2 Å². The molecule has 0 amide bonds. The number of halogens is 3. The molecule has 1 rings (SSSR count). The van der Waals surface area contributed by atoms with E-state index in [1.54, 1.807) is 13.8 Å². The van der Waals surface area contributed by atoms with Crippen LogP contribution in [0.2, 0.25) is 0 Å². The average Bonchev–Trinajstić information content (AvgIpc) is 2.29. The predicted octanol–water partition coefficient (Wildman–Crippen LogP) is 1.91. The number of rotatable bonds is 4. The third kappa shape index (κ3) is 4.69. The van der Waals surface area contributed by atoms with Crippen molar-refractivity contribution >= 4 is 52.1 Å². The number of alkyl halides is 3. The van der Waals surface area contributed by atoms with Crippen molar-refractivity contribution < 1.29 is 32.3 Å². The van der Waals surface area contributed by atoms with Crippen molar-refractivity contribution in [1.29, 1.82) is 0 Å². The molecule has 1 aliphatic heterocycles. The normalized spacial score (nSPS) is 23.4. The van der Waals surface area contributed by atoms with Gasteiger partial charge in [0.2, 0.25) is 3.79 Å². The van der Waals surface area contributed by atoms with Crippen LogP contribution in [0.15, 0.2) is 11.8 Å². The summed E-state index contributed by atoms with van der Waals surface area (Å²) in [6.07, 6.45) is 0.565. The molecule has 0 aliphatic carbocycles. The molecular weight excluding hydrogens is 371 g/mol. The van der Waals surface area contributed by atoms with Crippen LogP contribution in [0.4, 0.5) is 0 Å². The number of aliphatic carboxylic acids is 1. The highest BCUT2D eigenvalue weighted by Crippen LogP contribution is 2.47. The molecule has 0 radical (unpaired) electrons. The maximum Gasteiger partial charge on any atom is 0.318 e. The Balaban J connectivity index is 3.25. The molecule has 0 aromatic heterocycles. The Morgan fingerprint density at radius 3 is 2.19 bits per heavy atom. The van der Waals surface area contributed by atoms with E-state index in [9.17, 15) is 18.7 Å². The van der Waals surface area contributed by atoms with Gasteiger partial charge in [0.05, 0.1) is 13.2 Å². The van der Waals surface area contributed by atoms with Crippen LogP contribution in [-0.2, 0) is 29.8 Å². The van der Waals surface area contributed by atoms with E-state index in [2.05, 4.69) is 4.18 Å². The minimum Gasteiger partial charge on any atom is -0.740 e. The van der Waals surface area contributed by atoms with Crippen molar-refractivity contribution in [3.63, 3.8) is 0 Å². The monoisotopic (exact) mass is 381 g/mol. The lowest BCUT2D eigenvalue weighted by Crippen LogP contribution is -2.53. The van der Waals surface area contributed by atoms with E-state index in [1.165, 1.54) is 0 Å². The van der Waals surface area contributed by atoms with Gasteiger partial charge < -0.3 is 23.3 Å². The Bertz CT molecular complexity index is 462. The highest BCUT2D eigenvalue weighted by atomic mass is 35.6. The molecule has 1 N–H and O–H groups in total. The zero-order valence-corrected chi connectivity index (χ0v) is 14.0. The molecule has 1 atom stereocenters. The lowest BCUT2D eigenvalue weighted by atomic mass is 9.81. The van der Waals surface area contributed by atoms with E-state index in [4.69, 9.17) is 44.3 Å². The van der Waals surface area contributed by atoms with E-state index in [1.807, 2.05) is 0 Å². The summed E-state index contributed by atoms with van der Waals surface area (Å²) < 4.78 is 33.6. The summed E-state index contributed by atoms with van der Waals surface area (Å²) in [4.78, 5) is 11.6. The molecule has 0 bridgehead atoms. The van der Waals surface area contributed by atoms with Crippen LogP contribution >= 0.6 is 34.8 Å². The van der Waals surface area contributed by atoms with Gasteiger partial charge >= 0.3 is 5.97 Å². The van der Waals surface area contributed by atoms with Gasteiger partial charge in [0.1, 0.15) is 23.0 Å². The molecule has 1 aliphatic rings. The smallest absolute Gasteiger partial charge is 0.318 e. The highest BCUT2D eigenvalue weighted by molar-refractivity contribution is 7.74. The van der Waals surface area contributed by atoms with Crippen molar-refractivity contribution in [2.75, 3.05) is 13.2 Å². The Morgan fingerprint density at radius 1 is 1.38 bits per heavy atom. The van der Waals surface area contributed by atoms with Gasteiger partial charge in [0, 0.05) is 5.57 Å². The van der Waals surface area contributed by atoms with Crippen LogP contribution in [0, 0.1) is 5.41 Å². The second-order valence-electron chi connectivity index (χ2n) is 4.69. The van der Waals surface area contributed by atoms with Gasteiger partial charge in [-0.1, -0.05) is 34.8 Å². The Kier molecular flexibility index (Phi) is 5.93. The first-order valence-electron chi connectivity index (χ1n) is 5.46. The molecule has 11 heteroatoms. The molecule has 0 spiro atoms. The second-order valence-corrected chi connectivity index (χ2v) is 7.58. The van der Waals surface area contributed by atoms with Gasteiger partial charge in [-0.15, -0.1) is 0 Å². The number of hydrogen-bond acceptors (Lipinski definition) is 6. The quantitative estimate of drug-likeness (QED) is 0.450. The fourth-order valence-corrected chi connectivity index (χ4v) is 2.46. The van der Waals surface area contributed by atoms with Crippen LogP contribution in [0.25, 0.3) is 0 Å². The molecule has 0 aromatic carbocycles. The first-order chi connectivity index (χ1) is 9.41. The summed E-state index contributed by atoms with van der Waals surface area (Å²) in [5.74, 6) is -2.42. The van der Waals surface area contributed by atoms with Crippen LogP contribution < -0.4 is 0 Å². The standard InChI is InChI=1S/C10H13Cl3O7S/c1-8(2)18-4-9(5-19-8,7(14)15)6(10(11,12)13)3-20-21(16)17/h3H,4-5H2,1-2H3,(H,14,15)(H,16,17)/p-1. The largest absolute Gasteiger partial charge is 0.740 e. The van der Waals surface area contributed by atoms with Gasteiger partial charge in [-0.3, -0.25) is 4.79 Å². The fourth-order valence-electron chi connectivity index (χ4n) is 1.61. The molecule has 7 nitrogen and oxygen atoms in total. The van der Waals surface area contributed by atoms with Crippen molar-refractivity contribution in [2.24, 2.45) is 5.41 Å². The first-order valence-corrected chi connectivity index (χ1v) is 7.60. The van der Waals surface area contributed by atoms with Gasteiger partial charge in [-0.25, -0.2) is 4.21 Å². The number of carbonyl (C=O) groups is 1. The van der Waals surface area contributed by atoms with Crippen LogP contribution in [0.1, 0.15) is 13.8 Å². The molecular formula is C10H12Cl3O7S-. The molecule has 122 valence electrons. The minimum absolute atomic E-state index is 0.385. The highest BCUT2D eigenvalue weighted by Gasteiger charge is 2.54. The number of carboxylic acid groups (broad SMARTS) is 1. The molecule has 21 heavy (non-hydrogen) atoms. The molecule has 0 aromatic rings. The van der Waals surface area contributed by atoms with Gasteiger partial charge in [-0.2, -0.15) is 0 Å². The maximum absolute atomic E-state index is 11.6. The summed E-state index contributed by atoms with van der Waals surface area (Å²) in [5, 5.41) is 9.47.